The van der Waals surface area contributed by atoms with Gasteiger partial charge in [-0.25, -0.2) is 0 Å². The molecule has 33 heavy (non-hydrogen) atoms. The summed E-state index contributed by atoms with van der Waals surface area (Å²) >= 11 is 5.14. The van der Waals surface area contributed by atoms with Gasteiger partial charge < -0.3 is 13.9 Å². The van der Waals surface area contributed by atoms with E-state index in [0.717, 1.165) is 25.7 Å². The number of hydrogen-bond donors (Lipinski definition) is 1. The lowest BCUT2D eigenvalue weighted by atomic mass is 10.1. The molecule has 0 spiro atoms. The van der Waals surface area contributed by atoms with Crippen molar-refractivity contribution in [1.82, 2.24) is 0 Å². The molecule has 0 fully saturated rings. The van der Waals surface area contributed by atoms with Crippen LogP contribution in [0.15, 0.2) is 0 Å². The molecule has 0 saturated carbocycles. The summed E-state index contributed by atoms with van der Waals surface area (Å²) in [7, 11) is 0. The van der Waals surface area contributed by atoms with Crippen molar-refractivity contribution >= 4 is 18.5 Å². The predicted octanol–water partition coefficient (Wildman–Crippen LogP) is 10.6. The van der Waals surface area contributed by atoms with Gasteiger partial charge in [0.25, 0.3) is 0 Å². The molecule has 0 atom stereocenters. The first-order valence-electron chi connectivity index (χ1n) is 14.7. The van der Waals surface area contributed by atoms with Crippen molar-refractivity contribution in [3.8, 4) is 0 Å². The van der Waals surface area contributed by atoms with Gasteiger partial charge in [-0.05, 0) is 24.6 Å². The zero-order chi connectivity index (χ0) is 24.3. The van der Waals surface area contributed by atoms with Crippen molar-refractivity contribution in [2.45, 2.75) is 168 Å². The molecular weight excluding hydrogens is 447 g/mol. The fourth-order valence-electron chi connectivity index (χ4n) is 4.28. The van der Waals surface area contributed by atoms with Crippen LogP contribution < -0.4 is 0 Å². The van der Waals surface area contributed by atoms with Crippen molar-refractivity contribution in [2.24, 2.45) is 0 Å². The lowest BCUT2D eigenvalue weighted by Crippen LogP contribution is -1.99. The standard InChI is InChI=1S/C28H59O3PS/c1-3-5-7-9-11-13-15-17-19-21-23-25-27-30-32(29,33)31-28-26-24-22-20-18-16-14-12-10-8-6-4-2/h3-28H2,1-2H3,(H,29,33). The molecule has 0 aromatic rings. The second-order valence-corrected chi connectivity index (χ2v) is 12.8. The fraction of sp³-hybridized carbons (Fsp3) is 1.00. The Morgan fingerprint density at radius 1 is 0.424 bits per heavy atom. The molecule has 0 aliphatic carbocycles. The Morgan fingerprint density at radius 3 is 0.879 bits per heavy atom. The van der Waals surface area contributed by atoms with Crippen LogP contribution in [0.3, 0.4) is 0 Å². The lowest BCUT2D eigenvalue weighted by molar-refractivity contribution is 0.190. The smallest absolute Gasteiger partial charge is 0.324 e. The number of rotatable bonds is 28. The minimum absolute atomic E-state index is 0.531. The largest absolute Gasteiger partial charge is 0.324 e. The molecule has 0 aliphatic rings. The summed E-state index contributed by atoms with van der Waals surface area (Å²) in [5.74, 6) is 0. The van der Waals surface area contributed by atoms with E-state index in [0.29, 0.717) is 13.2 Å². The predicted molar refractivity (Wildman–Crippen MR) is 151 cm³/mol. The summed E-state index contributed by atoms with van der Waals surface area (Å²) in [5.41, 5.74) is 0. The SMILES string of the molecule is CCCCCCCCCCCCCCOP(O)(=S)OCCCCCCCCCCCCCC. The third-order valence-electron chi connectivity index (χ3n) is 6.50. The molecule has 0 heterocycles. The maximum absolute atomic E-state index is 10.2. The van der Waals surface area contributed by atoms with Crippen LogP contribution in [0.2, 0.25) is 0 Å². The van der Waals surface area contributed by atoms with E-state index in [1.165, 1.54) is 128 Å². The summed E-state index contributed by atoms with van der Waals surface area (Å²) in [6.45, 7) is 2.59. The molecule has 200 valence electrons. The molecule has 0 saturated heterocycles. The molecule has 3 nitrogen and oxygen atoms in total. The quantitative estimate of drug-likeness (QED) is 0.0846. The normalized spacial score (nSPS) is 12.0. The number of unbranched alkanes of at least 4 members (excludes halogenated alkanes) is 22. The summed E-state index contributed by atoms with van der Waals surface area (Å²) in [6, 6.07) is 0. The summed E-state index contributed by atoms with van der Waals surface area (Å²) in [6.07, 6.45) is 31.6. The van der Waals surface area contributed by atoms with Gasteiger partial charge in [0, 0.05) is 0 Å². The van der Waals surface area contributed by atoms with Gasteiger partial charge in [-0.2, -0.15) is 0 Å². The molecule has 1 N–H and O–H groups in total. The summed E-state index contributed by atoms with van der Waals surface area (Å²) in [5, 5.41) is 0. The molecular formula is C28H59O3PS. The third-order valence-corrected chi connectivity index (χ3v) is 8.15. The lowest BCUT2D eigenvalue weighted by Gasteiger charge is -2.15. The monoisotopic (exact) mass is 506 g/mol. The van der Waals surface area contributed by atoms with Crippen molar-refractivity contribution < 1.29 is 13.9 Å². The minimum Gasteiger partial charge on any atom is -0.324 e. The van der Waals surface area contributed by atoms with E-state index in [9.17, 15) is 4.89 Å². The van der Waals surface area contributed by atoms with Gasteiger partial charge in [0.15, 0.2) is 0 Å². The highest BCUT2D eigenvalue weighted by molar-refractivity contribution is 8.07. The van der Waals surface area contributed by atoms with E-state index >= 15 is 0 Å². The molecule has 0 amide bonds. The molecule has 0 aliphatic heterocycles. The molecule has 0 aromatic carbocycles. The Morgan fingerprint density at radius 2 is 0.636 bits per heavy atom. The molecule has 0 aromatic heterocycles. The Hall–Kier alpha value is 0.530. The van der Waals surface area contributed by atoms with Crippen LogP contribution >= 0.6 is 6.72 Å². The molecule has 0 radical (unpaired) electrons. The van der Waals surface area contributed by atoms with Crippen molar-refractivity contribution in [1.29, 1.82) is 0 Å². The topological polar surface area (TPSA) is 38.7 Å². The van der Waals surface area contributed by atoms with Crippen LogP contribution in [0.1, 0.15) is 168 Å². The van der Waals surface area contributed by atoms with Crippen molar-refractivity contribution in [3.05, 3.63) is 0 Å². The Kier molecular flexibility index (Phi) is 27.6. The molecule has 0 unspecified atom stereocenters. The first kappa shape index (κ1) is 33.5. The third kappa shape index (κ3) is 28.7. The van der Waals surface area contributed by atoms with Crippen LogP contribution in [0.4, 0.5) is 0 Å². The van der Waals surface area contributed by atoms with Gasteiger partial charge in [-0.3, -0.25) is 0 Å². The van der Waals surface area contributed by atoms with E-state index in [1.54, 1.807) is 0 Å². The zero-order valence-electron chi connectivity index (χ0n) is 22.5. The maximum atomic E-state index is 10.2. The maximum Gasteiger partial charge on any atom is 0.324 e. The van der Waals surface area contributed by atoms with Crippen LogP contribution in [0.5, 0.6) is 0 Å². The highest BCUT2D eigenvalue weighted by atomic mass is 32.5. The average molecular weight is 507 g/mol. The van der Waals surface area contributed by atoms with Crippen LogP contribution in [-0.2, 0) is 20.9 Å². The van der Waals surface area contributed by atoms with Gasteiger partial charge in [-0.15, -0.1) is 0 Å². The van der Waals surface area contributed by atoms with E-state index in [4.69, 9.17) is 20.9 Å². The molecule has 0 bridgehead atoms. The molecule has 5 heteroatoms. The Labute approximate surface area is 213 Å². The van der Waals surface area contributed by atoms with E-state index < -0.39 is 6.72 Å². The van der Waals surface area contributed by atoms with Crippen LogP contribution in [0, 0.1) is 0 Å². The average Bonchev–Trinajstić information content (AvgIpc) is 2.80. The number of hydrogen-bond acceptors (Lipinski definition) is 3. The van der Waals surface area contributed by atoms with Gasteiger partial charge in [0.1, 0.15) is 0 Å². The molecule has 0 rings (SSSR count). The van der Waals surface area contributed by atoms with Crippen LogP contribution in [-0.4, -0.2) is 18.1 Å². The van der Waals surface area contributed by atoms with Gasteiger partial charge in [0.05, 0.1) is 13.2 Å². The van der Waals surface area contributed by atoms with Crippen LogP contribution in [0.25, 0.3) is 0 Å². The zero-order valence-corrected chi connectivity index (χ0v) is 24.2. The first-order valence-corrected chi connectivity index (χ1v) is 17.3. The second kappa shape index (κ2) is 27.1. The summed E-state index contributed by atoms with van der Waals surface area (Å²) < 4.78 is 11.0. The minimum atomic E-state index is -3.02. The highest BCUT2D eigenvalue weighted by Crippen LogP contribution is 2.44. The van der Waals surface area contributed by atoms with E-state index in [-0.39, 0.29) is 0 Å². The van der Waals surface area contributed by atoms with Gasteiger partial charge >= 0.3 is 6.72 Å². The highest BCUT2D eigenvalue weighted by Gasteiger charge is 2.14. The summed E-state index contributed by atoms with van der Waals surface area (Å²) in [4.78, 5) is 10.2. The van der Waals surface area contributed by atoms with Crippen molar-refractivity contribution in [2.75, 3.05) is 13.2 Å². The van der Waals surface area contributed by atoms with E-state index in [2.05, 4.69) is 13.8 Å². The fourth-order valence-corrected chi connectivity index (χ4v) is 5.52. The van der Waals surface area contributed by atoms with Gasteiger partial charge in [-0.1, -0.05) is 155 Å². The van der Waals surface area contributed by atoms with E-state index in [1.807, 2.05) is 0 Å². The van der Waals surface area contributed by atoms with Gasteiger partial charge in [0.2, 0.25) is 0 Å². The Balaban J connectivity index is 3.29. The second-order valence-electron chi connectivity index (χ2n) is 9.91. The Bertz CT molecular complexity index is 386. The van der Waals surface area contributed by atoms with Crippen molar-refractivity contribution in [3.63, 3.8) is 0 Å². The first-order chi connectivity index (χ1) is 16.1.